The van der Waals surface area contributed by atoms with Crippen molar-refractivity contribution in [2.24, 2.45) is 0 Å². The first kappa shape index (κ1) is 26.0. The molecule has 3 N–H and O–H groups in total. The number of hydrogen-bond donors (Lipinski definition) is 3. The van der Waals surface area contributed by atoms with E-state index in [1.807, 2.05) is 29.3 Å². The van der Waals surface area contributed by atoms with Crippen LogP contribution in [0.2, 0.25) is 0 Å². The molecule has 0 spiro atoms. The van der Waals surface area contributed by atoms with Crippen molar-refractivity contribution in [2.45, 2.75) is 69.1 Å². The highest BCUT2D eigenvalue weighted by atomic mass is 19.1. The number of hydrogen-bond acceptors (Lipinski definition) is 7. The van der Waals surface area contributed by atoms with Gasteiger partial charge in [0.1, 0.15) is 11.7 Å². The molecule has 202 valence electrons. The first-order chi connectivity index (χ1) is 18.7. The molecule has 0 bridgehead atoms. The number of carbonyl (C=O) groups excluding carboxylic acids is 1. The van der Waals surface area contributed by atoms with E-state index in [0.717, 1.165) is 42.4 Å². The third-order valence-corrected chi connectivity index (χ3v) is 7.47. The summed E-state index contributed by atoms with van der Waals surface area (Å²) in [7, 11) is 0. The van der Waals surface area contributed by atoms with Crippen LogP contribution in [0.1, 0.15) is 56.6 Å². The summed E-state index contributed by atoms with van der Waals surface area (Å²) in [6.45, 7) is 3.30. The Labute approximate surface area is 222 Å². The summed E-state index contributed by atoms with van der Waals surface area (Å²) in [4.78, 5) is 19.3. The number of nitrogens with zero attached hydrogens (tertiary/aromatic N) is 6. The number of nitrogens with one attached hydrogen (secondary N) is 3. The summed E-state index contributed by atoms with van der Waals surface area (Å²) in [6, 6.07) is 7.16. The van der Waals surface area contributed by atoms with E-state index in [4.69, 9.17) is 0 Å². The predicted molar refractivity (Wildman–Crippen MR) is 145 cm³/mol. The van der Waals surface area contributed by atoms with Crippen molar-refractivity contribution in [1.29, 1.82) is 0 Å². The van der Waals surface area contributed by atoms with Gasteiger partial charge in [-0.2, -0.15) is 10.1 Å². The Hall–Kier alpha value is -3.65. The van der Waals surface area contributed by atoms with Crippen LogP contribution in [0.4, 0.5) is 22.0 Å². The number of carbonyl (C=O) groups is 1. The molecule has 0 unspecified atom stereocenters. The molecule has 11 heteroatoms. The second-order valence-corrected chi connectivity index (χ2v) is 10.4. The number of alkyl halides is 1. The zero-order chi connectivity index (χ0) is 26.5. The first-order valence-corrected chi connectivity index (χ1v) is 13.5. The van der Waals surface area contributed by atoms with E-state index in [2.05, 4.69) is 48.7 Å². The van der Waals surface area contributed by atoms with Crippen molar-refractivity contribution >= 4 is 29.5 Å². The van der Waals surface area contributed by atoms with Gasteiger partial charge in [-0.1, -0.05) is 0 Å². The molecular weight excluding hydrogens is 485 g/mol. The lowest BCUT2D eigenvalue weighted by molar-refractivity contribution is -0.110. The third-order valence-electron chi connectivity index (χ3n) is 7.47. The number of amides is 1. The maximum absolute atomic E-state index is 13.5. The number of halogens is 1. The minimum atomic E-state index is -0.808. The van der Waals surface area contributed by atoms with Gasteiger partial charge in [-0.15, -0.1) is 17.9 Å². The van der Waals surface area contributed by atoms with Crippen molar-refractivity contribution in [2.75, 3.05) is 36.4 Å². The smallest absolute Gasteiger partial charge is 0.245 e. The van der Waals surface area contributed by atoms with Gasteiger partial charge in [0.05, 0.1) is 6.54 Å². The highest BCUT2D eigenvalue weighted by molar-refractivity contribution is 5.73. The number of likely N-dealkylation sites (tertiary alicyclic amines) is 1. The molecule has 0 radical (unpaired) electrons. The molecular formula is C27H36FN9O. The highest BCUT2D eigenvalue weighted by Crippen LogP contribution is 2.39. The summed E-state index contributed by atoms with van der Waals surface area (Å²) < 4.78 is 15.3. The van der Waals surface area contributed by atoms with Crippen molar-refractivity contribution in [3.05, 3.63) is 30.1 Å². The molecule has 2 aliphatic heterocycles. The molecule has 2 saturated heterocycles. The third kappa shape index (κ3) is 6.25. The molecule has 7 rings (SSSR count). The lowest BCUT2D eigenvalue weighted by atomic mass is 10.1. The SMILES string of the molecule is C#C.F[C@@H]1CCN(c2nc(Nc3cc(C4CC4)[nH]n3)c3cccn3n2)C1.O=CN[C@@H]1CCCN(C2CC2)C1. The van der Waals surface area contributed by atoms with Crippen LogP contribution in [0.3, 0.4) is 0 Å². The second kappa shape index (κ2) is 11.8. The van der Waals surface area contributed by atoms with Gasteiger partial charge in [0.2, 0.25) is 12.4 Å². The number of piperidine rings is 1. The van der Waals surface area contributed by atoms with Gasteiger partial charge in [0.15, 0.2) is 11.6 Å². The monoisotopic (exact) mass is 521 g/mol. The number of aromatic amines is 1. The Morgan fingerprint density at radius 1 is 1.11 bits per heavy atom. The Bertz CT molecular complexity index is 1230. The maximum Gasteiger partial charge on any atom is 0.245 e. The topological polar surface area (TPSA) is 106 Å². The summed E-state index contributed by atoms with van der Waals surface area (Å²) in [5, 5.41) is 18.1. The molecule has 5 heterocycles. The maximum atomic E-state index is 13.5. The Kier molecular flexibility index (Phi) is 8.08. The molecule has 2 aliphatic carbocycles. The molecule has 38 heavy (non-hydrogen) atoms. The van der Waals surface area contributed by atoms with Gasteiger partial charge in [-0.05, 0) is 63.6 Å². The number of fused-ring (bicyclic) bond motifs is 1. The minimum absolute atomic E-state index is 0.348. The summed E-state index contributed by atoms with van der Waals surface area (Å²) in [5.41, 5.74) is 2.03. The van der Waals surface area contributed by atoms with E-state index in [1.165, 1.54) is 38.6 Å². The highest BCUT2D eigenvalue weighted by Gasteiger charge is 2.32. The molecule has 2 atom stereocenters. The van der Waals surface area contributed by atoms with E-state index < -0.39 is 6.17 Å². The van der Waals surface area contributed by atoms with Crippen LogP contribution in [0.25, 0.3) is 5.52 Å². The van der Waals surface area contributed by atoms with E-state index in [9.17, 15) is 9.18 Å². The molecule has 1 amide bonds. The Morgan fingerprint density at radius 2 is 1.95 bits per heavy atom. The number of rotatable bonds is 7. The molecule has 3 aromatic rings. The van der Waals surface area contributed by atoms with Gasteiger partial charge in [0, 0.05) is 49.0 Å². The van der Waals surface area contributed by atoms with Gasteiger partial charge in [-0.25, -0.2) is 8.91 Å². The van der Waals surface area contributed by atoms with E-state index in [-0.39, 0.29) is 0 Å². The van der Waals surface area contributed by atoms with Gasteiger partial charge in [0.25, 0.3) is 0 Å². The molecule has 3 aromatic heterocycles. The molecule has 4 aliphatic rings. The lowest BCUT2D eigenvalue weighted by Gasteiger charge is -2.32. The van der Waals surface area contributed by atoms with Gasteiger partial charge >= 0.3 is 0 Å². The van der Waals surface area contributed by atoms with Crippen molar-refractivity contribution in [3.63, 3.8) is 0 Å². The number of anilines is 3. The Morgan fingerprint density at radius 3 is 2.66 bits per heavy atom. The largest absolute Gasteiger partial charge is 0.355 e. The quantitative estimate of drug-likeness (QED) is 0.324. The Balaban J connectivity index is 0.000000177. The first-order valence-electron chi connectivity index (χ1n) is 13.5. The van der Waals surface area contributed by atoms with E-state index in [0.29, 0.717) is 43.2 Å². The molecule has 4 fully saturated rings. The van der Waals surface area contributed by atoms with Gasteiger partial charge in [-0.3, -0.25) is 14.8 Å². The number of aromatic nitrogens is 5. The van der Waals surface area contributed by atoms with Crippen molar-refractivity contribution in [1.82, 2.24) is 35.0 Å². The minimum Gasteiger partial charge on any atom is -0.355 e. The summed E-state index contributed by atoms with van der Waals surface area (Å²) in [6.07, 6.45) is 18.0. The van der Waals surface area contributed by atoms with Crippen LogP contribution < -0.4 is 15.5 Å². The van der Waals surface area contributed by atoms with E-state index >= 15 is 0 Å². The fourth-order valence-electron chi connectivity index (χ4n) is 5.18. The fourth-order valence-corrected chi connectivity index (χ4v) is 5.18. The van der Waals surface area contributed by atoms with Crippen molar-refractivity contribution < 1.29 is 9.18 Å². The number of H-pyrrole nitrogens is 1. The van der Waals surface area contributed by atoms with Crippen LogP contribution in [-0.4, -0.2) is 80.5 Å². The van der Waals surface area contributed by atoms with Gasteiger partial charge < -0.3 is 15.5 Å². The van der Waals surface area contributed by atoms with Crippen LogP contribution >= 0.6 is 0 Å². The average molecular weight is 522 g/mol. The zero-order valence-corrected chi connectivity index (χ0v) is 21.6. The summed E-state index contributed by atoms with van der Waals surface area (Å²) in [5.74, 6) is 2.59. The zero-order valence-electron chi connectivity index (χ0n) is 21.6. The molecule has 2 saturated carbocycles. The molecule has 10 nitrogen and oxygen atoms in total. The summed E-state index contributed by atoms with van der Waals surface area (Å²) >= 11 is 0. The van der Waals surface area contributed by atoms with Crippen LogP contribution in [0, 0.1) is 12.8 Å². The van der Waals surface area contributed by atoms with Crippen molar-refractivity contribution in [3.8, 4) is 12.8 Å². The number of terminal acetylenes is 1. The average Bonchev–Trinajstić information content (AvgIpc) is 3.83. The molecule has 0 aromatic carbocycles. The second-order valence-electron chi connectivity index (χ2n) is 10.4. The lowest BCUT2D eigenvalue weighted by Crippen LogP contribution is -2.46. The standard InChI is InChI=1S/C16H18FN7.C9H16N2O.C2H2/c17-11-5-7-23(9-11)16-19-15(13-2-1-6-24(13)22-16)18-14-8-12(20-21-14)10-3-4-10;12-7-10-8-2-1-5-11(6-8)9-3-4-9;1-2/h1-2,6,8,10-11H,3-5,7,9H2,(H2,18,19,20,21,22);7-9H,1-6H2,(H,10,12);1-2H/t11-;8-;/m11./s1. The normalized spacial score (nSPS) is 23.2. The van der Waals surface area contributed by atoms with Crippen LogP contribution in [-0.2, 0) is 4.79 Å². The van der Waals surface area contributed by atoms with Crippen LogP contribution in [0.15, 0.2) is 24.4 Å². The predicted octanol–water partition coefficient (Wildman–Crippen LogP) is 3.23. The van der Waals surface area contributed by atoms with Crippen LogP contribution in [0.5, 0.6) is 0 Å². The fraction of sp³-hybridized carbons (Fsp3) is 0.556. The van der Waals surface area contributed by atoms with E-state index in [1.54, 1.807) is 4.52 Å².